The van der Waals surface area contributed by atoms with Crippen molar-refractivity contribution in [3.63, 3.8) is 0 Å². The molecule has 1 amide bonds. The summed E-state index contributed by atoms with van der Waals surface area (Å²) >= 11 is 0. The van der Waals surface area contributed by atoms with Gasteiger partial charge in [-0.05, 0) is 30.2 Å². The van der Waals surface area contributed by atoms with Gasteiger partial charge in [0.1, 0.15) is 6.04 Å². The lowest BCUT2D eigenvalue weighted by Crippen LogP contribution is -2.27. The fourth-order valence-corrected chi connectivity index (χ4v) is 1.96. The summed E-state index contributed by atoms with van der Waals surface area (Å²) in [4.78, 5) is 23.2. The zero-order valence-corrected chi connectivity index (χ0v) is 11.5. The number of rotatable bonds is 4. The van der Waals surface area contributed by atoms with E-state index in [-0.39, 0.29) is 11.5 Å². The SMILES string of the molecule is Cc1ccc(NC(=O)[C@H](N)c2ccccc2)cc1C(=O)O. The van der Waals surface area contributed by atoms with Gasteiger partial charge in [0.25, 0.3) is 0 Å². The van der Waals surface area contributed by atoms with Crippen molar-refractivity contribution in [3.05, 3.63) is 65.2 Å². The third-order valence-corrected chi connectivity index (χ3v) is 3.18. The molecule has 2 aromatic rings. The van der Waals surface area contributed by atoms with Crippen molar-refractivity contribution in [3.8, 4) is 0 Å². The first-order chi connectivity index (χ1) is 9.99. The molecule has 0 saturated carbocycles. The Hall–Kier alpha value is -2.66. The van der Waals surface area contributed by atoms with Gasteiger partial charge < -0.3 is 16.2 Å². The van der Waals surface area contributed by atoms with Crippen molar-refractivity contribution in [1.82, 2.24) is 0 Å². The van der Waals surface area contributed by atoms with Gasteiger partial charge in [-0.15, -0.1) is 0 Å². The highest BCUT2D eigenvalue weighted by molar-refractivity contribution is 5.97. The molecule has 0 fully saturated rings. The van der Waals surface area contributed by atoms with Crippen molar-refractivity contribution in [1.29, 1.82) is 0 Å². The molecule has 0 aromatic heterocycles. The molecule has 2 aromatic carbocycles. The average molecular weight is 284 g/mol. The zero-order chi connectivity index (χ0) is 15.4. The van der Waals surface area contributed by atoms with Crippen LogP contribution in [0.15, 0.2) is 48.5 Å². The maximum Gasteiger partial charge on any atom is 0.336 e. The van der Waals surface area contributed by atoms with Gasteiger partial charge in [0, 0.05) is 5.69 Å². The summed E-state index contributed by atoms with van der Waals surface area (Å²) in [5, 5.41) is 11.7. The summed E-state index contributed by atoms with van der Waals surface area (Å²) in [5.74, 6) is -1.42. The quantitative estimate of drug-likeness (QED) is 0.803. The van der Waals surface area contributed by atoms with Crippen LogP contribution < -0.4 is 11.1 Å². The number of carboxylic acids is 1. The summed E-state index contributed by atoms with van der Waals surface area (Å²) < 4.78 is 0. The third-order valence-electron chi connectivity index (χ3n) is 3.18. The van der Waals surface area contributed by atoms with E-state index >= 15 is 0 Å². The number of benzene rings is 2. The fraction of sp³-hybridized carbons (Fsp3) is 0.125. The molecule has 0 spiro atoms. The normalized spacial score (nSPS) is 11.7. The number of carboxylic acid groups (broad SMARTS) is 1. The minimum atomic E-state index is -1.03. The lowest BCUT2D eigenvalue weighted by Gasteiger charge is -2.13. The van der Waals surface area contributed by atoms with Gasteiger partial charge in [0.15, 0.2) is 0 Å². The van der Waals surface area contributed by atoms with Crippen LogP contribution in [0.4, 0.5) is 5.69 Å². The van der Waals surface area contributed by atoms with E-state index < -0.39 is 12.0 Å². The summed E-state index contributed by atoms with van der Waals surface area (Å²) in [6.07, 6.45) is 0. The van der Waals surface area contributed by atoms with Crippen molar-refractivity contribution in [2.75, 3.05) is 5.32 Å². The predicted molar refractivity (Wildman–Crippen MR) is 80.1 cm³/mol. The number of nitrogens with two attached hydrogens (primary N) is 1. The van der Waals surface area contributed by atoms with Crippen LogP contribution >= 0.6 is 0 Å². The van der Waals surface area contributed by atoms with Crippen LogP contribution in [0.25, 0.3) is 0 Å². The number of aryl methyl sites for hydroxylation is 1. The smallest absolute Gasteiger partial charge is 0.336 e. The Labute approximate surface area is 122 Å². The van der Waals surface area contributed by atoms with Crippen molar-refractivity contribution < 1.29 is 14.7 Å². The van der Waals surface area contributed by atoms with Gasteiger partial charge in [-0.25, -0.2) is 4.79 Å². The van der Waals surface area contributed by atoms with E-state index in [1.54, 1.807) is 43.3 Å². The highest BCUT2D eigenvalue weighted by Crippen LogP contribution is 2.17. The zero-order valence-electron chi connectivity index (χ0n) is 11.5. The number of hydrogen-bond acceptors (Lipinski definition) is 3. The lowest BCUT2D eigenvalue weighted by atomic mass is 10.1. The summed E-state index contributed by atoms with van der Waals surface area (Å²) in [6.45, 7) is 1.70. The van der Waals surface area contributed by atoms with Crippen LogP contribution in [-0.2, 0) is 4.79 Å². The molecule has 0 unspecified atom stereocenters. The predicted octanol–water partition coefficient (Wildman–Crippen LogP) is 2.33. The summed E-state index contributed by atoms with van der Waals surface area (Å²) in [5.41, 5.74) is 7.78. The summed E-state index contributed by atoms with van der Waals surface area (Å²) in [6, 6.07) is 12.9. The molecule has 0 aliphatic rings. The third kappa shape index (κ3) is 3.46. The average Bonchev–Trinajstić information content (AvgIpc) is 2.49. The summed E-state index contributed by atoms with van der Waals surface area (Å²) in [7, 11) is 0. The molecule has 5 nitrogen and oxygen atoms in total. The van der Waals surface area contributed by atoms with Gasteiger partial charge >= 0.3 is 5.97 Å². The Kier molecular flexibility index (Phi) is 4.35. The standard InChI is InChI=1S/C16H16N2O3/c1-10-7-8-12(9-13(10)16(20)21)18-15(19)14(17)11-5-3-2-4-6-11/h2-9,14H,17H2,1H3,(H,18,19)(H,20,21)/t14-/m1/s1. The van der Waals surface area contributed by atoms with E-state index in [0.29, 0.717) is 16.8 Å². The Morgan fingerprint density at radius 3 is 2.43 bits per heavy atom. The van der Waals surface area contributed by atoms with E-state index in [1.165, 1.54) is 6.07 Å². The Bertz CT molecular complexity index is 668. The molecule has 0 aliphatic heterocycles. The Morgan fingerprint density at radius 1 is 1.14 bits per heavy atom. The second kappa shape index (κ2) is 6.19. The minimum Gasteiger partial charge on any atom is -0.478 e. The number of aromatic carboxylic acids is 1. The van der Waals surface area contributed by atoms with Crippen LogP contribution in [0.2, 0.25) is 0 Å². The van der Waals surface area contributed by atoms with Crippen molar-refractivity contribution in [2.45, 2.75) is 13.0 Å². The molecule has 0 heterocycles. The number of amides is 1. The van der Waals surface area contributed by atoms with Crippen LogP contribution in [-0.4, -0.2) is 17.0 Å². The van der Waals surface area contributed by atoms with Crippen LogP contribution in [0.1, 0.15) is 27.5 Å². The first-order valence-corrected chi connectivity index (χ1v) is 6.44. The first kappa shape index (κ1) is 14.7. The lowest BCUT2D eigenvalue weighted by molar-refractivity contribution is -0.117. The van der Waals surface area contributed by atoms with Crippen LogP contribution in [0.5, 0.6) is 0 Å². The molecular formula is C16H16N2O3. The Balaban J connectivity index is 2.16. The molecule has 1 atom stereocenters. The minimum absolute atomic E-state index is 0.154. The van der Waals surface area contributed by atoms with Crippen molar-refractivity contribution >= 4 is 17.6 Å². The largest absolute Gasteiger partial charge is 0.478 e. The Morgan fingerprint density at radius 2 is 1.81 bits per heavy atom. The first-order valence-electron chi connectivity index (χ1n) is 6.44. The second-order valence-electron chi connectivity index (χ2n) is 4.71. The van der Waals surface area contributed by atoms with E-state index in [0.717, 1.165) is 0 Å². The highest BCUT2D eigenvalue weighted by Gasteiger charge is 2.16. The highest BCUT2D eigenvalue weighted by atomic mass is 16.4. The van der Waals surface area contributed by atoms with E-state index in [1.807, 2.05) is 6.07 Å². The van der Waals surface area contributed by atoms with E-state index in [9.17, 15) is 9.59 Å². The molecule has 0 aliphatic carbocycles. The van der Waals surface area contributed by atoms with Gasteiger partial charge in [0.2, 0.25) is 5.91 Å². The molecule has 0 saturated heterocycles. The molecule has 0 bridgehead atoms. The topological polar surface area (TPSA) is 92.4 Å². The van der Waals surface area contributed by atoms with Crippen molar-refractivity contribution in [2.24, 2.45) is 5.73 Å². The van der Waals surface area contributed by atoms with Gasteiger partial charge in [-0.1, -0.05) is 36.4 Å². The maximum absolute atomic E-state index is 12.1. The van der Waals surface area contributed by atoms with Gasteiger partial charge in [-0.3, -0.25) is 4.79 Å². The second-order valence-corrected chi connectivity index (χ2v) is 4.71. The molecule has 5 heteroatoms. The van der Waals surface area contributed by atoms with E-state index in [2.05, 4.69) is 5.32 Å². The molecule has 108 valence electrons. The number of nitrogens with one attached hydrogen (secondary N) is 1. The number of hydrogen-bond donors (Lipinski definition) is 3. The maximum atomic E-state index is 12.1. The van der Waals surface area contributed by atoms with Crippen LogP contribution in [0, 0.1) is 6.92 Å². The van der Waals surface area contributed by atoms with Crippen LogP contribution in [0.3, 0.4) is 0 Å². The molecule has 2 rings (SSSR count). The molecule has 0 radical (unpaired) electrons. The molecule has 4 N–H and O–H groups in total. The number of anilines is 1. The monoisotopic (exact) mass is 284 g/mol. The van der Waals surface area contributed by atoms with Gasteiger partial charge in [0.05, 0.1) is 5.56 Å². The number of carbonyl (C=O) groups is 2. The fourth-order valence-electron chi connectivity index (χ4n) is 1.96. The van der Waals surface area contributed by atoms with Gasteiger partial charge in [-0.2, -0.15) is 0 Å². The number of carbonyl (C=O) groups excluding carboxylic acids is 1. The molecular weight excluding hydrogens is 268 g/mol. The molecule has 21 heavy (non-hydrogen) atoms. The van der Waals surface area contributed by atoms with E-state index in [4.69, 9.17) is 10.8 Å².